The first-order chi connectivity index (χ1) is 12.7. The Kier molecular flexibility index (Phi) is 10.0. The van der Waals surface area contributed by atoms with E-state index >= 15 is 0 Å². The normalized spacial score (nSPS) is 22.3. The van der Waals surface area contributed by atoms with Gasteiger partial charge in [0, 0.05) is 13.1 Å². The molecule has 0 saturated carbocycles. The van der Waals surface area contributed by atoms with Crippen LogP contribution >= 0.6 is 0 Å². The van der Waals surface area contributed by atoms with Gasteiger partial charge in [0.05, 0.1) is 6.04 Å². The molecule has 2 N–H and O–H groups in total. The Morgan fingerprint density at radius 3 is 2.15 bits per heavy atom. The van der Waals surface area contributed by atoms with Gasteiger partial charge in [-0.25, -0.2) is 0 Å². The largest absolute Gasteiger partial charge is 0.354 e. The Labute approximate surface area is 159 Å². The smallest absolute Gasteiger partial charge is 0.242 e. The molecule has 0 aromatic carbocycles. The van der Waals surface area contributed by atoms with Crippen molar-refractivity contribution in [2.75, 3.05) is 19.6 Å². The van der Waals surface area contributed by atoms with Gasteiger partial charge in [0.25, 0.3) is 0 Å². The van der Waals surface area contributed by atoms with Gasteiger partial charge in [-0.05, 0) is 32.2 Å². The molecule has 2 rings (SSSR count). The lowest BCUT2D eigenvalue weighted by molar-refractivity contribution is -0.148. The maximum atomic E-state index is 12.4. The summed E-state index contributed by atoms with van der Waals surface area (Å²) in [6.07, 6.45) is 15.8. The number of rotatable bonds is 13. The van der Waals surface area contributed by atoms with Crippen LogP contribution in [0.15, 0.2) is 0 Å². The lowest BCUT2D eigenvalue weighted by Gasteiger charge is -2.41. The third-order valence-corrected chi connectivity index (χ3v) is 5.79. The van der Waals surface area contributed by atoms with E-state index in [9.17, 15) is 9.59 Å². The topological polar surface area (TPSA) is 61.4 Å². The fourth-order valence-corrected chi connectivity index (χ4v) is 3.96. The molecule has 2 heterocycles. The SMILES string of the molecule is CCCCCCCCCCCCNC(=O)C1CCN1C(=O)C1CCCN1. The number of carbonyl (C=O) groups is 2. The second kappa shape index (κ2) is 12.3. The van der Waals surface area contributed by atoms with Gasteiger partial charge < -0.3 is 15.5 Å². The summed E-state index contributed by atoms with van der Waals surface area (Å²) in [5, 5.41) is 6.26. The Morgan fingerprint density at radius 2 is 1.62 bits per heavy atom. The average Bonchev–Trinajstić information content (AvgIpc) is 3.13. The highest BCUT2D eigenvalue weighted by atomic mass is 16.2. The average molecular weight is 366 g/mol. The van der Waals surface area contributed by atoms with Crippen LogP contribution in [0.5, 0.6) is 0 Å². The number of likely N-dealkylation sites (tertiary alicyclic amines) is 1. The first kappa shape index (κ1) is 21.2. The van der Waals surface area contributed by atoms with E-state index in [4.69, 9.17) is 0 Å². The van der Waals surface area contributed by atoms with Crippen LogP contribution in [0.4, 0.5) is 0 Å². The van der Waals surface area contributed by atoms with Gasteiger partial charge >= 0.3 is 0 Å². The molecular formula is C21H39N3O2. The zero-order valence-electron chi connectivity index (χ0n) is 16.7. The third kappa shape index (κ3) is 6.90. The zero-order valence-corrected chi connectivity index (χ0v) is 16.7. The molecule has 0 bridgehead atoms. The number of amides is 2. The molecule has 0 aliphatic carbocycles. The maximum Gasteiger partial charge on any atom is 0.242 e. The van der Waals surface area contributed by atoms with Crippen LogP contribution in [0, 0.1) is 0 Å². The first-order valence-electron chi connectivity index (χ1n) is 11.1. The van der Waals surface area contributed by atoms with Crippen LogP contribution in [0.1, 0.15) is 90.4 Å². The summed E-state index contributed by atoms with van der Waals surface area (Å²) in [4.78, 5) is 26.4. The standard InChI is InChI=1S/C21H39N3O2/c1-2-3-4-5-6-7-8-9-10-11-15-23-20(25)19-14-17-24(19)21(26)18-13-12-16-22-18/h18-19,22H,2-17H2,1H3,(H,23,25). The molecule has 0 spiro atoms. The lowest BCUT2D eigenvalue weighted by atomic mass is 10.00. The molecule has 2 aliphatic heterocycles. The first-order valence-corrected chi connectivity index (χ1v) is 11.1. The molecule has 2 fully saturated rings. The monoisotopic (exact) mass is 365 g/mol. The maximum absolute atomic E-state index is 12.4. The summed E-state index contributed by atoms with van der Waals surface area (Å²) in [6, 6.07) is -0.291. The predicted molar refractivity (Wildman–Crippen MR) is 106 cm³/mol. The number of hydrogen-bond donors (Lipinski definition) is 2. The fraction of sp³-hybridized carbons (Fsp3) is 0.905. The molecule has 2 unspecified atom stereocenters. The number of nitrogens with zero attached hydrogens (tertiary/aromatic N) is 1. The molecular weight excluding hydrogens is 326 g/mol. The van der Waals surface area contributed by atoms with Crippen LogP contribution in [0.2, 0.25) is 0 Å². The number of nitrogens with one attached hydrogen (secondary N) is 2. The summed E-state index contributed by atoms with van der Waals surface area (Å²) < 4.78 is 0. The molecule has 150 valence electrons. The van der Waals surface area contributed by atoms with Crippen molar-refractivity contribution < 1.29 is 9.59 Å². The van der Waals surface area contributed by atoms with E-state index < -0.39 is 0 Å². The van der Waals surface area contributed by atoms with E-state index in [1.54, 1.807) is 4.90 Å². The minimum Gasteiger partial charge on any atom is -0.354 e. The molecule has 2 amide bonds. The van der Waals surface area contributed by atoms with Gasteiger partial charge in [0.1, 0.15) is 6.04 Å². The molecule has 5 heteroatoms. The highest BCUT2D eigenvalue weighted by molar-refractivity contribution is 5.91. The van der Waals surface area contributed by atoms with E-state index in [-0.39, 0.29) is 23.9 Å². The zero-order chi connectivity index (χ0) is 18.6. The Bertz CT molecular complexity index is 421. The molecule has 0 radical (unpaired) electrons. The van der Waals surface area contributed by atoms with Crippen LogP contribution in [0.25, 0.3) is 0 Å². The highest BCUT2D eigenvalue weighted by Crippen LogP contribution is 2.21. The molecule has 5 nitrogen and oxygen atoms in total. The van der Waals surface area contributed by atoms with Crippen molar-refractivity contribution in [2.24, 2.45) is 0 Å². The molecule has 2 aliphatic rings. The highest BCUT2D eigenvalue weighted by Gasteiger charge is 2.40. The van der Waals surface area contributed by atoms with Gasteiger partial charge in [-0.1, -0.05) is 64.7 Å². The second-order valence-corrected chi connectivity index (χ2v) is 7.96. The van der Waals surface area contributed by atoms with Gasteiger partial charge in [-0.3, -0.25) is 9.59 Å². The summed E-state index contributed by atoms with van der Waals surface area (Å²) in [6.45, 7) is 4.65. The van der Waals surface area contributed by atoms with Gasteiger partial charge in [-0.2, -0.15) is 0 Å². The molecule has 2 atom stereocenters. The van der Waals surface area contributed by atoms with Crippen molar-refractivity contribution in [3.8, 4) is 0 Å². The van der Waals surface area contributed by atoms with Crippen molar-refractivity contribution in [2.45, 2.75) is 102 Å². The Balaban J connectivity index is 1.45. The summed E-state index contributed by atoms with van der Waals surface area (Å²) in [5.74, 6) is 0.159. The van der Waals surface area contributed by atoms with Crippen molar-refractivity contribution in [1.29, 1.82) is 0 Å². The van der Waals surface area contributed by atoms with Crippen LogP contribution in [0.3, 0.4) is 0 Å². The minimum atomic E-state index is -0.229. The second-order valence-electron chi connectivity index (χ2n) is 7.96. The third-order valence-electron chi connectivity index (χ3n) is 5.79. The number of unbranched alkanes of at least 4 members (excludes halogenated alkanes) is 9. The summed E-state index contributed by atoms with van der Waals surface area (Å²) in [5.41, 5.74) is 0. The van der Waals surface area contributed by atoms with Crippen LogP contribution in [-0.4, -0.2) is 48.4 Å². The van der Waals surface area contributed by atoms with E-state index in [1.807, 2.05) is 0 Å². The quantitative estimate of drug-likeness (QED) is 0.492. The number of hydrogen-bond acceptors (Lipinski definition) is 3. The van der Waals surface area contributed by atoms with Gasteiger partial charge in [-0.15, -0.1) is 0 Å². The van der Waals surface area contributed by atoms with Crippen molar-refractivity contribution in [1.82, 2.24) is 15.5 Å². The molecule has 26 heavy (non-hydrogen) atoms. The van der Waals surface area contributed by atoms with Crippen LogP contribution in [-0.2, 0) is 9.59 Å². The minimum absolute atomic E-state index is 0.0403. The molecule has 0 aromatic heterocycles. The summed E-state index contributed by atoms with van der Waals surface area (Å²) in [7, 11) is 0. The Hall–Kier alpha value is -1.10. The Morgan fingerprint density at radius 1 is 0.962 bits per heavy atom. The van der Waals surface area contributed by atoms with Gasteiger partial charge in [0.15, 0.2) is 0 Å². The fourth-order valence-electron chi connectivity index (χ4n) is 3.96. The lowest BCUT2D eigenvalue weighted by Crippen LogP contribution is -2.61. The predicted octanol–water partition coefficient (Wildman–Crippen LogP) is 3.38. The van der Waals surface area contributed by atoms with Gasteiger partial charge in [0.2, 0.25) is 11.8 Å². The van der Waals surface area contributed by atoms with E-state index in [2.05, 4.69) is 17.6 Å². The van der Waals surface area contributed by atoms with Crippen LogP contribution < -0.4 is 10.6 Å². The molecule has 2 saturated heterocycles. The summed E-state index contributed by atoms with van der Waals surface area (Å²) >= 11 is 0. The van der Waals surface area contributed by atoms with Crippen molar-refractivity contribution in [3.63, 3.8) is 0 Å². The number of carbonyl (C=O) groups excluding carboxylic acids is 2. The van der Waals surface area contributed by atoms with Crippen molar-refractivity contribution >= 4 is 11.8 Å². The van der Waals surface area contributed by atoms with E-state index in [0.717, 1.165) is 45.3 Å². The van der Waals surface area contributed by atoms with E-state index in [0.29, 0.717) is 0 Å². The van der Waals surface area contributed by atoms with Crippen molar-refractivity contribution in [3.05, 3.63) is 0 Å². The molecule has 0 aromatic rings. The van der Waals surface area contributed by atoms with E-state index in [1.165, 1.54) is 57.8 Å².